The molecule has 1 heterocycles. The van der Waals surface area contributed by atoms with Gasteiger partial charge in [-0.1, -0.05) is 18.2 Å². The Kier molecular flexibility index (Phi) is 3.29. The van der Waals surface area contributed by atoms with Crippen LogP contribution in [-0.2, 0) is 0 Å². The first-order chi connectivity index (χ1) is 8.63. The molecule has 0 atom stereocenters. The molecule has 2 rings (SSSR count). The fourth-order valence-corrected chi connectivity index (χ4v) is 1.94. The van der Waals surface area contributed by atoms with Crippen molar-refractivity contribution < 1.29 is 0 Å². The molecule has 0 bridgehead atoms. The van der Waals surface area contributed by atoms with Crippen molar-refractivity contribution in [2.75, 3.05) is 11.9 Å². The maximum absolute atomic E-state index is 9.16. The summed E-state index contributed by atoms with van der Waals surface area (Å²) in [5, 5.41) is 9.16. The first-order valence-electron chi connectivity index (χ1n) is 5.80. The zero-order valence-electron chi connectivity index (χ0n) is 10.8. The Hall–Kier alpha value is -2.34. The fourth-order valence-electron chi connectivity index (χ4n) is 1.94. The van der Waals surface area contributed by atoms with Gasteiger partial charge in [-0.3, -0.25) is 0 Å². The van der Waals surface area contributed by atoms with Crippen molar-refractivity contribution in [3.63, 3.8) is 0 Å². The Labute approximate surface area is 107 Å². The van der Waals surface area contributed by atoms with Crippen LogP contribution in [-0.4, -0.2) is 12.0 Å². The topological polar surface area (TPSA) is 39.9 Å². The molecular weight excluding hydrogens is 222 g/mol. The number of hydrogen-bond donors (Lipinski definition) is 0. The van der Waals surface area contributed by atoms with Crippen molar-refractivity contribution >= 4 is 11.5 Å². The summed E-state index contributed by atoms with van der Waals surface area (Å²) in [6.45, 7) is 3.98. The first-order valence-corrected chi connectivity index (χ1v) is 5.80. The molecule has 0 saturated heterocycles. The van der Waals surface area contributed by atoms with Gasteiger partial charge in [0, 0.05) is 18.4 Å². The molecule has 0 fully saturated rings. The molecule has 90 valence electrons. The van der Waals surface area contributed by atoms with E-state index in [2.05, 4.69) is 11.1 Å². The minimum atomic E-state index is 0.589. The molecule has 3 heteroatoms. The second-order valence-corrected chi connectivity index (χ2v) is 4.28. The summed E-state index contributed by atoms with van der Waals surface area (Å²) in [6.07, 6.45) is 0. The second-order valence-electron chi connectivity index (χ2n) is 4.28. The van der Waals surface area contributed by atoms with E-state index in [1.807, 2.05) is 62.2 Å². The predicted molar refractivity (Wildman–Crippen MR) is 72.9 cm³/mol. The van der Waals surface area contributed by atoms with E-state index in [4.69, 9.17) is 5.26 Å². The predicted octanol–water partition coefficient (Wildman–Crippen LogP) is 3.34. The van der Waals surface area contributed by atoms with Crippen LogP contribution < -0.4 is 4.90 Å². The van der Waals surface area contributed by atoms with Crippen molar-refractivity contribution in [2.45, 2.75) is 13.8 Å². The molecule has 0 aliphatic rings. The number of rotatable bonds is 2. The van der Waals surface area contributed by atoms with Crippen LogP contribution >= 0.6 is 0 Å². The molecule has 2 aromatic rings. The average molecular weight is 237 g/mol. The number of benzene rings is 1. The largest absolute Gasteiger partial charge is 0.328 e. The van der Waals surface area contributed by atoms with Gasteiger partial charge in [-0.2, -0.15) is 5.26 Å². The highest BCUT2D eigenvalue weighted by Gasteiger charge is 2.12. The van der Waals surface area contributed by atoms with E-state index >= 15 is 0 Å². The minimum absolute atomic E-state index is 0.589. The Morgan fingerprint density at radius 3 is 2.50 bits per heavy atom. The van der Waals surface area contributed by atoms with Gasteiger partial charge in [-0.15, -0.1) is 0 Å². The van der Waals surface area contributed by atoms with E-state index in [-0.39, 0.29) is 0 Å². The zero-order chi connectivity index (χ0) is 13.1. The van der Waals surface area contributed by atoms with Gasteiger partial charge in [0.2, 0.25) is 0 Å². The highest BCUT2D eigenvalue weighted by atomic mass is 15.2. The number of hydrogen-bond acceptors (Lipinski definition) is 3. The van der Waals surface area contributed by atoms with Crippen LogP contribution in [0.5, 0.6) is 0 Å². The summed E-state index contributed by atoms with van der Waals surface area (Å²) < 4.78 is 0. The van der Waals surface area contributed by atoms with Gasteiger partial charge < -0.3 is 4.90 Å². The summed E-state index contributed by atoms with van der Waals surface area (Å²) in [6, 6.07) is 13.9. The third-order valence-electron chi connectivity index (χ3n) is 2.93. The lowest BCUT2D eigenvalue weighted by molar-refractivity contribution is 1.07. The lowest BCUT2D eigenvalue weighted by atomic mass is 10.1. The van der Waals surface area contributed by atoms with Crippen LogP contribution in [0.25, 0.3) is 0 Å². The van der Waals surface area contributed by atoms with Crippen LogP contribution in [0.3, 0.4) is 0 Å². The van der Waals surface area contributed by atoms with Crippen LogP contribution in [0.4, 0.5) is 11.5 Å². The molecule has 1 aromatic carbocycles. The number of nitrogens with zero attached hydrogens (tertiary/aromatic N) is 3. The standard InChI is InChI=1S/C15H15N3/c1-11-6-4-5-7-14(11)18(3)15-13(10-16)9-8-12(2)17-15/h4-9H,1-3H3. The quantitative estimate of drug-likeness (QED) is 0.804. The normalized spacial score (nSPS) is 9.89. The van der Waals surface area contributed by atoms with Crippen LogP contribution in [0.2, 0.25) is 0 Å². The SMILES string of the molecule is Cc1ccc(C#N)c(N(C)c2ccccc2C)n1. The monoisotopic (exact) mass is 237 g/mol. The first kappa shape index (κ1) is 12.1. The van der Waals surface area contributed by atoms with Gasteiger partial charge in [-0.05, 0) is 37.6 Å². The number of nitriles is 1. The lowest BCUT2D eigenvalue weighted by Crippen LogP contribution is -2.14. The maximum atomic E-state index is 9.16. The molecule has 0 amide bonds. The van der Waals surface area contributed by atoms with Crippen molar-refractivity contribution in [3.05, 3.63) is 53.2 Å². The Bertz CT molecular complexity index is 611. The third-order valence-corrected chi connectivity index (χ3v) is 2.93. The van der Waals surface area contributed by atoms with E-state index in [0.29, 0.717) is 11.4 Å². The number of aromatic nitrogens is 1. The number of anilines is 2. The molecule has 0 N–H and O–H groups in total. The molecule has 0 spiro atoms. The number of para-hydroxylation sites is 1. The van der Waals surface area contributed by atoms with Crippen molar-refractivity contribution in [2.24, 2.45) is 0 Å². The molecular formula is C15H15N3. The Morgan fingerprint density at radius 2 is 1.83 bits per heavy atom. The summed E-state index contributed by atoms with van der Waals surface area (Å²) in [5.41, 5.74) is 3.72. The molecule has 18 heavy (non-hydrogen) atoms. The average Bonchev–Trinajstić information content (AvgIpc) is 2.38. The zero-order valence-corrected chi connectivity index (χ0v) is 10.8. The number of pyridine rings is 1. The van der Waals surface area contributed by atoms with Gasteiger partial charge in [0.25, 0.3) is 0 Å². The van der Waals surface area contributed by atoms with Crippen molar-refractivity contribution in [1.82, 2.24) is 4.98 Å². The fraction of sp³-hybridized carbons (Fsp3) is 0.200. The Morgan fingerprint density at radius 1 is 1.11 bits per heavy atom. The summed E-state index contributed by atoms with van der Waals surface area (Å²) in [7, 11) is 1.94. The van der Waals surface area contributed by atoms with Crippen LogP contribution in [0.1, 0.15) is 16.8 Å². The minimum Gasteiger partial charge on any atom is -0.328 e. The Balaban J connectivity index is 2.53. The highest BCUT2D eigenvalue weighted by Crippen LogP contribution is 2.27. The van der Waals surface area contributed by atoms with Crippen molar-refractivity contribution in [1.29, 1.82) is 5.26 Å². The molecule has 0 aliphatic heterocycles. The van der Waals surface area contributed by atoms with Gasteiger partial charge in [0.05, 0.1) is 5.56 Å². The van der Waals surface area contributed by atoms with E-state index < -0.39 is 0 Å². The van der Waals surface area contributed by atoms with Crippen LogP contribution in [0, 0.1) is 25.2 Å². The van der Waals surface area contributed by atoms with Crippen molar-refractivity contribution in [3.8, 4) is 6.07 Å². The lowest BCUT2D eigenvalue weighted by Gasteiger charge is -2.21. The van der Waals surface area contributed by atoms with E-state index in [1.165, 1.54) is 0 Å². The molecule has 0 unspecified atom stereocenters. The van der Waals surface area contributed by atoms with Gasteiger partial charge >= 0.3 is 0 Å². The maximum Gasteiger partial charge on any atom is 0.150 e. The summed E-state index contributed by atoms with van der Waals surface area (Å²) in [4.78, 5) is 6.42. The van der Waals surface area contributed by atoms with Gasteiger partial charge in [0.15, 0.2) is 5.82 Å². The summed E-state index contributed by atoms with van der Waals surface area (Å²) >= 11 is 0. The van der Waals surface area contributed by atoms with Crippen LogP contribution in [0.15, 0.2) is 36.4 Å². The van der Waals surface area contributed by atoms with E-state index in [0.717, 1.165) is 16.9 Å². The molecule has 0 radical (unpaired) electrons. The molecule has 0 saturated carbocycles. The second kappa shape index (κ2) is 4.89. The highest BCUT2D eigenvalue weighted by molar-refractivity contribution is 5.67. The third kappa shape index (κ3) is 2.18. The summed E-state index contributed by atoms with van der Waals surface area (Å²) in [5.74, 6) is 0.701. The smallest absolute Gasteiger partial charge is 0.150 e. The number of aryl methyl sites for hydroxylation is 2. The van der Waals surface area contributed by atoms with E-state index in [9.17, 15) is 0 Å². The van der Waals surface area contributed by atoms with Gasteiger partial charge in [-0.25, -0.2) is 4.98 Å². The molecule has 0 aliphatic carbocycles. The van der Waals surface area contributed by atoms with Gasteiger partial charge in [0.1, 0.15) is 6.07 Å². The van der Waals surface area contributed by atoms with E-state index in [1.54, 1.807) is 0 Å². The molecule has 3 nitrogen and oxygen atoms in total. The molecule has 1 aromatic heterocycles.